The van der Waals surface area contributed by atoms with Crippen LogP contribution in [0.3, 0.4) is 0 Å². The summed E-state index contributed by atoms with van der Waals surface area (Å²) in [6, 6.07) is 0. The van der Waals surface area contributed by atoms with Crippen molar-refractivity contribution in [3.8, 4) is 0 Å². The van der Waals surface area contributed by atoms with E-state index in [0.29, 0.717) is 5.41 Å². The van der Waals surface area contributed by atoms with Gasteiger partial charge in [0, 0.05) is 18.8 Å². The maximum atomic E-state index is 2.62. The molecule has 0 spiro atoms. The molecule has 0 saturated carbocycles. The highest BCUT2D eigenvalue weighted by atomic mass is 32.2. The van der Waals surface area contributed by atoms with E-state index >= 15 is 0 Å². The van der Waals surface area contributed by atoms with Crippen molar-refractivity contribution in [3.05, 3.63) is 0 Å². The summed E-state index contributed by atoms with van der Waals surface area (Å²) >= 11 is 1.95. The summed E-state index contributed by atoms with van der Waals surface area (Å²) in [5.41, 5.74) is 0.524. The van der Waals surface area contributed by atoms with Gasteiger partial charge in [-0.25, -0.2) is 0 Å². The van der Waals surface area contributed by atoms with E-state index in [1.165, 1.54) is 31.8 Å². The second-order valence-electron chi connectivity index (χ2n) is 4.95. The molecule has 1 unspecified atom stereocenters. The van der Waals surface area contributed by atoms with Crippen molar-refractivity contribution >= 4 is 11.8 Å². The fourth-order valence-corrected chi connectivity index (χ4v) is 2.43. The normalized spacial score (nSPS) is 29.1. The van der Waals surface area contributed by atoms with Gasteiger partial charge in [0.2, 0.25) is 0 Å². The Hall–Kier alpha value is 0.310. The first kappa shape index (κ1) is 11.4. The van der Waals surface area contributed by atoms with Gasteiger partial charge in [0.05, 0.1) is 0 Å². The molecule has 1 fully saturated rings. The van der Waals surface area contributed by atoms with Crippen molar-refractivity contribution in [1.82, 2.24) is 4.90 Å². The van der Waals surface area contributed by atoms with Crippen molar-refractivity contribution in [2.75, 3.05) is 31.6 Å². The first-order valence-electron chi connectivity index (χ1n) is 5.27. The highest BCUT2D eigenvalue weighted by molar-refractivity contribution is 7.98. The first-order valence-corrected chi connectivity index (χ1v) is 6.67. The third-order valence-electron chi connectivity index (χ3n) is 3.46. The van der Waals surface area contributed by atoms with Crippen LogP contribution >= 0.6 is 11.8 Å². The van der Waals surface area contributed by atoms with Gasteiger partial charge in [-0.15, -0.1) is 0 Å². The van der Waals surface area contributed by atoms with E-state index in [2.05, 4.69) is 31.9 Å². The van der Waals surface area contributed by atoms with Crippen LogP contribution in [0.5, 0.6) is 0 Å². The van der Waals surface area contributed by atoms with Gasteiger partial charge in [0.15, 0.2) is 0 Å². The summed E-state index contributed by atoms with van der Waals surface area (Å²) in [7, 11) is 0. The zero-order valence-corrected chi connectivity index (χ0v) is 10.3. The predicted octanol–water partition coefficient (Wildman–Crippen LogP) is 2.72. The lowest BCUT2D eigenvalue weighted by molar-refractivity contribution is 0.0694. The number of thioether (sulfide) groups is 1. The van der Waals surface area contributed by atoms with Gasteiger partial charge in [-0.1, -0.05) is 20.8 Å². The van der Waals surface area contributed by atoms with E-state index < -0.39 is 0 Å². The van der Waals surface area contributed by atoms with Gasteiger partial charge < -0.3 is 4.90 Å². The second-order valence-corrected chi connectivity index (χ2v) is 5.93. The van der Waals surface area contributed by atoms with Crippen molar-refractivity contribution in [2.45, 2.75) is 27.2 Å². The highest BCUT2D eigenvalue weighted by Gasteiger charge is 2.32. The second kappa shape index (κ2) is 4.70. The van der Waals surface area contributed by atoms with Crippen molar-refractivity contribution in [2.24, 2.45) is 11.3 Å². The number of nitrogens with zero attached hydrogens (tertiary/aromatic N) is 1. The molecule has 0 aromatic rings. The lowest BCUT2D eigenvalue weighted by Gasteiger charge is -2.43. The number of rotatable bonds is 3. The fraction of sp³-hybridized carbons (Fsp3) is 1.00. The molecule has 1 aliphatic rings. The quantitative estimate of drug-likeness (QED) is 0.691. The zero-order chi connectivity index (χ0) is 9.90. The highest BCUT2D eigenvalue weighted by Crippen LogP contribution is 2.34. The van der Waals surface area contributed by atoms with Crippen LogP contribution in [0.1, 0.15) is 27.2 Å². The Bertz CT molecular complexity index is 154. The third kappa shape index (κ3) is 3.17. The maximum Gasteiger partial charge on any atom is 0.00725 e. The lowest BCUT2D eigenvalue weighted by atomic mass is 9.75. The van der Waals surface area contributed by atoms with Crippen LogP contribution < -0.4 is 0 Å². The number of hydrogen-bond acceptors (Lipinski definition) is 2. The molecule has 0 bridgehead atoms. The van der Waals surface area contributed by atoms with E-state index in [1.807, 2.05) is 11.8 Å². The van der Waals surface area contributed by atoms with E-state index in [1.54, 1.807) is 0 Å². The maximum absolute atomic E-state index is 2.62. The molecule has 13 heavy (non-hydrogen) atoms. The average Bonchev–Trinajstić information content (AvgIpc) is 2.07. The summed E-state index contributed by atoms with van der Waals surface area (Å²) in [6.07, 6.45) is 3.57. The summed E-state index contributed by atoms with van der Waals surface area (Å²) < 4.78 is 0. The lowest BCUT2D eigenvalue weighted by Crippen LogP contribution is -2.45. The SMILES string of the molecule is CSCCN1CCC(C)C(C)(C)C1. The predicted molar refractivity (Wildman–Crippen MR) is 62.4 cm³/mol. The molecule has 1 rings (SSSR count). The number of piperidine rings is 1. The third-order valence-corrected chi connectivity index (χ3v) is 4.05. The molecule has 1 nitrogen and oxygen atoms in total. The first-order chi connectivity index (χ1) is 6.06. The average molecular weight is 201 g/mol. The molecule has 0 amide bonds. The van der Waals surface area contributed by atoms with Crippen molar-refractivity contribution < 1.29 is 0 Å². The van der Waals surface area contributed by atoms with Crippen LogP contribution in [-0.2, 0) is 0 Å². The standard InChI is InChI=1S/C11H23NS/c1-10-5-6-12(7-8-13-4)9-11(10,2)3/h10H,5-9H2,1-4H3. The summed E-state index contributed by atoms with van der Waals surface area (Å²) in [5.74, 6) is 2.17. The van der Waals surface area contributed by atoms with Gasteiger partial charge in [0.1, 0.15) is 0 Å². The molecule has 1 atom stereocenters. The molecule has 78 valence electrons. The van der Waals surface area contributed by atoms with E-state index in [4.69, 9.17) is 0 Å². The molecule has 0 aliphatic carbocycles. The monoisotopic (exact) mass is 201 g/mol. The molecule has 1 aliphatic heterocycles. The summed E-state index contributed by atoms with van der Waals surface area (Å²) in [4.78, 5) is 2.62. The number of hydrogen-bond donors (Lipinski definition) is 0. The van der Waals surface area contributed by atoms with Gasteiger partial charge in [-0.05, 0) is 30.6 Å². The Labute approximate surface area is 87.3 Å². The van der Waals surface area contributed by atoms with Gasteiger partial charge in [0.25, 0.3) is 0 Å². The van der Waals surface area contributed by atoms with Gasteiger partial charge in [-0.2, -0.15) is 11.8 Å². The Morgan fingerprint density at radius 3 is 2.69 bits per heavy atom. The van der Waals surface area contributed by atoms with E-state index in [9.17, 15) is 0 Å². The van der Waals surface area contributed by atoms with Crippen LogP contribution in [0, 0.1) is 11.3 Å². The molecular formula is C11H23NS. The molecule has 0 aromatic heterocycles. The largest absolute Gasteiger partial charge is 0.302 e. The van der Waals surface area contributed by atoms with Crippen LogP contribution in [-0.4, -0.2) is 36.5 Å². The Kier molecular flexibility index (Phi) is 4.11. The molecule has 1 saturated heterocycles. The van der Waals surface area contributed by atoms with E-state index in [0.717, 1.165) is 5.92 Å². The zero-order valence-electron chi connectivity index (χ0n) is 9.47. The molecule has 0 N–H and O–H groups in total. The minimum Gasteiger partial charge on any atom is -0.302 e. The topological polar surface area (TPSA) is 3.24 Å². The van der Waals surface area contributed by atoms with Gasteiger partial charge in [-0.3, -0.25) is 0 Å². The molecular weight excluding hydrogens is 178 g/mol. The smallest absolute Gasteiger partial charge is 0.00725 e. The van der Waals surface area contributed by atoms with Crippen molar-refractivity contribution in [1.29, 1.82) is 0 Å². The number of likely N-dealkylation sites (tertiary alicyclic amines) is 1. The van der Waals surface area contributed by atoms with Crippen LogP contribution in [0.15, 0.2) is 0 Å². The van der Waals surface area contributed by atoms with Crippen molar-refractivity contribution in [3.63, 3.8) is 0 Å². The Morgan fingerprint density at radius 2 is 2.15 bits per heavy atom. The molecule has 0 radical (unpaired) electrons. The Balaban J connectivity index is 2.37. The van der Waals surface area contributed by atoms with Gasteiger partial charge >= 0.3 is 0 Å². The van der Waals surface area contributed by atoms with Crippen LogP contribution in [0.4, 0.5) is 0 Å². The van der Waals surface area contributed by atoms with Crippen LogP contribution in [0.2, 0.25) is 0 Å². The fourth-order valence-electron chi connectivity index (χ4n) is 1.99. The van der Waals surface area contributed by atoms with Crippen LogP contribution in [0.25, 0.3) is 0 Å². The molecule has 0 aromatic carbocycles. The summed E-state index contributed by atoms with van der Waals surface area (Å²) in [5, 5.41) is 0. The van der Waals surface area contributed by atoms with E-state index in [-0.39, 0.29) is 0 Å². The molecule has 2 heteroatoms. The minimum absolute atomic E-state index is 0.524. The Morgan fingerprint density at radius 1 is 1.46 bits per heavy atom. The minimum atomic E-state index is 0.524. The summed E-state index contributed by atoms with van der Waals surface area (Å²) in [6.45, 7) is 11.1. The molecule has 1 heterocycles.